The lowest BCUT2D eigenvalue weighted by atomic mass is 10.1. The van der Waals surface area contributed by atoms with E-state index in [1.807, 2.05) is 42.5 Å². The molecule has 2 N–H and O–H groups in total. The largest absolute Gasteiger partial charge is 0.399 e. The third-order valence-electron chi connectivity index (χ3n) is 3.50. The molecule has 0 amide bonds. The van der Waals surface area contributed by atoms with Gasteiger partial charge >= 0.3 is 0 Å². The molecular formula is C16H18Cl2N2. The molecule has 2 nitrogen and oxygen atoms in total. The van der Waals surface area contributed by atoms with Crippen molar-refractivity contribution in [1.82, 2.24) is 4.90 Å². The molecule has 0 radical (unpaired) electrons. The number of hydrogen-bond donors (Lipinski definition) is 1. The summed E-state index contributed by atoms with van der Waals surface area (Å²) >= 11 is 12.1. The van der Waals surface area contributed by atoms with Crippen molar-refractivity contribution in [2.75, 3.05) is 12.8 Å². The van der Waals surface area contributed by atoms with E-state index in [0.29, 0.717) is 0 Å². The summed E-state index contributed by atoms with van der Waals surface area (Å²) in [6.07, 6.45) is 0. The Morgan fingerprint density at radius 2 is 1.75 bits per heavy atom. The van der Waals surface area contributed by atoms with Crippen LogP contribution in [-0.2, 0) is 6.54 Å². The zero-order valence-corrected chi connectivity index (χ0v) is 13.1. The van der Waals surface area contributed by atoms with Crippen LogP contribution in [-0.4, -0.2) is 11.9 Å². The maximum absolute atomic E-state index is 6.21. The maximum Gasteiger partial charge on any atom is 0.0452 e. The normalized spacial score (nSPS) is 12.7. The highest BCUT2D eigenvalue weighted by molar-refractivity contribution is 6.31. The molecule has 0 aliphatic carbocycles. The van der Waals surface area contributed by atoms with Gasteiger partial charge in [0.1, 0.15) is 0 Å². The molecule has 0 fully saturated rings. The zero-order chi connectivity index (χ0) is 14.7. The highest BCUT2D eigenvalue weighted by Crippen LogP contribution is 2.25. The minimum Gasteiger partial charge on any atom is -0.399 e. The van der Waals surface area contributed by atoms with Gasteiger partial charge in [0.05, 0.1) is 0 Å². The first-order chi connectivity index (χ1) is 9.47. The second-order valence-electron chi connectivity index (χ2n) is 4.99. The number of nitrogens with zero attached hydrogens (tertiary/aromatic N) is 1. The first-order valence-corrected chi connectivity index (χ1v) is 7.22. The van der Waals surface area contributed by atoms with Crippen LogP contribution in [0.15, 0.2) is 42.5 Å². The van der Waals surface area contributed by atoms with Crippen LogP contribution < -0.4 is 5.73 Å². The number of nitrogens with two attached hydrogens (primary N) is 1. The Morgan fingerprint density at radius 1 is 1.10 bits per heavy atom. The summed E-state index contributed by atoms with van der Waals surface area (Å²) in [7, 11) is 2.07. The van der Waals surface area contributed by atoms with Crippen LogP contribution in [0.4, 0.5) is 5.69 Å². The molecule has 1 atom stereocenters. The molecule has 0 spiro atoms. The van der Waals surface area contributed by atoms with E-state index in [0.717, 1.165) is 27.8 Å². The van der Waals surface area contributed by atoms with Gasteiger partial charge in [-0.05, 0) is 55.4 Å². The molecule has 2 aromatic carbocycles. The Balaban J connectivity index is 2.13. The maximum atomic E-state index is 6.21. The van der Waals surface area contributed by atoms with Crippen LogP contribution in [0.3, 0.4) is 0 Å². The van der Waals surface area contributed by atoms with Crippen LogP contribution in [0.2, 0.25) is 10.0 Å². The fourth-order valence-electron chi connectivity index (χ4n) is 2.12. The van der Waals surface area contributed by atoms with E-state index < -0.39 is 0 Å². The van der Waals surface area contributed by atoms with Gasteiger partial charge in [0.25, 0.3) is 0 Å². The Labute approximate surface area is 130 Å². The molecule has 0 saturated carbocycles. The summed E-state index contributed by atoms with van der Waals surface area (Å²) in [5.74, 6) is 0. The van der Waals surface area contributed by atoms with Crippen molar-refractivity contribution in [1.29, 1.82) is 0 Å². The summed E-state index contributed by atoms with van der Waals surface area (Å²) in [5.41, 5.74) is 8.80. The average Bonchev–Trinajstić information content (AvgIpc) is 2.43. The topological polar surface area (TPSA) is 29.3 Å². The quantitative estimate of drug-likeness (QED) is 0.824. The molecular weight excluding hydrogens is 291 g/mol. The molecule has 0 aromatic heterocycles. The third kappa shape index (κ3) is 3.66. The fraction of sp³-hybridized carbons (Fsp3) is 0.250. The third-order valence-corrected chi connectivity index (χ3v) is 4.12. The number of hydrogen-bond acceptors (Lipinski definition) is 2. The molecule has 1 unspecified atom stereocenters. The van der Waals surface area contributed by atoms with E-state index in [9.17, 15) is 0 Å². The van der Waals surface area contributed by atoms with Gasteiger partial charge in [-0.3, -0.25) is 4.90 Å². The van der Waals surface area contributed by atoms with Crippen LogP contribution >= 0.6 is 23.2 Å². The number of rotatable bonds is 4. The Hall–Kier alpha value is -1.22. The van der Waals surface area contributed by atoms with E-state index in [2.05, 4.69) is 18.9 Å². The molecule has 106 valence electrons. The Bertz CT molecular complexity index is 582. The molecule has 0 saturated heterocycles. The van der Waals surface area contributed by atoms with Gasteiger partial charge in [-0.1, -0.05) is 35.3 Å². The summed E-state index contributed by atoms with van der Waals surface area (Å²) in [5, 5.41) is 1.50. The number of anilines is 1. The average molecular weight is 309 g/mol. The van der Waals surface area contributed by atoms with Crippen LogP contribution in [0.1, 0.15) is 24.1 Å². The molecule has 0 aliphatic heterocycles. The van der Waals surface area contributed by atoms with E-state index >= 15 is 0 Å². The molecule has 4 heteroatoms. The first kappa shape index (κ1) is 15.2. The van der Waals surface area contributed by atoms with Crippen LogP contribution in [0, 0.1) is 0 Å². The number of nitrogen functional groups attached to an aromatic ring is 1. The molecule has 2 rings (SSSR count). The minimum absolute atomic E-state index is 0.268. The van der Waals surface area contributed by atoms with Crippen LogP contribution in [0.25, 0.3) is 0 Å². The van der Waals surface area contributed by atoms with Gasteiger partial charge in [-0.2, -0.15) is 0 Å². The summed E-state index contributed by atoms with van der Waals surface area (Å²) in [6.45, 7) is 2.90. The minimum atomic E-state index is 0.268. The lowest BCUT2D eigenvalue weighted by Gasteiger charge is -2.25. The lowest BCUT2D eigenvalue weighted by molar-refractivity contribution is 0.253. The second-order valence-corrected chi connectivity index (χ2v) is 5.84. The SMILES string of the molecule is CC(c1ccc(Cl)cc1)N(C)Cc1cc(N)ccc1Cl. The summed E-state index contributed by atoms with van der Waals surface area (Å²) in [4.78, 5) is 2.23. The first-order valence-electron chi connectivity index (χ1n) is 6.47. The van der Waals surface area contributed by atoms with Crippen molar-refractivity contribution < 1.29 is 0 Å². The van der Waals surface area contributed by atoms with E-state index in [4.69, 9.17) is 28.9 Å². The highest BCUT2D eigenvalue weighted by atomic mass is 35.5. The van der Waals surface area contributed by atoms with E-state index in [-0.39, 0.29) is 6.04 Å². The molecule has 0 heterocycles. The van der Waals surface area contributed by atoms with Crippen molar-refractivity contribution in [2.24, 2.45) is 0 Å². The van der Waals surface area contributed by atoms with Crippen molar-refractivity contribution in [3.8, 4) is 0 Å². The van der Waals surface area contributed by atoms with Crippen molar-refractivity contribution in [3.05, 3.63) is 63.6 Å². The van der Waals surface area contributed by atoms with Gasteiger partial charge in [0, 0.05) is 28.3 Å². The molecule has 20 heavy (non-hydrogen) atoms. The monoisotopic (exact) mass is 308 g/mol. The number of benzene rings is 2. The smallest absolute Gasteiger partial charge is 0.0452 e. The Kier molecular flexibility index (Phi) is 4.92. The van der Waals surface area contributed by atoms with Crippen molar-refractivity contribution >= 4 is 28.9 Å². The van der Waals surface area contributed by atoms with Gasteiger partial charge in [-0.25, -0.2) is 0 Å². The van der Waals surface area contributed by atoms with E-state index in [1.165, 1.54) is 5.56 Å². The van der Waals surface area contributed by atoms with Crippen molar-refractivity contribution in [2.45, 2.75) is 19.5 Å². The summed E-state index contributed by atoms with van der Waals surface area (Å²) in [6, 6.07) is 13.8. The van der Waals surface area contributed by atoms with Crippen LogP contribution in [0.5, 0.6) is 0 Å². The Morgan fingerprint density at radius 3 is 2.40 bits per heavy atom. The number of halogens is 2. The van der Waals surface area contributed by atoms with Gasteiger partial charge in [-0.15, -0.1) is 0 Å². The zero-order valence-electron chi connectivity index (χ0n) is 11.6. The lowest BCUT2D eigenvalue weighted by Crippen LogP contribution is -2.22. The standard InChI is InChI=1S/C16H18Cl2N2/c1-11(12-3-5-14(17)6-4-12)20(2)10-13-9-15(19)7-8-16(13)18/h3-9,11H,10,19H2,1-2H3. The predicted molar refractivity (Wildman–Crippen MR) is 87.2 cm³/mol. The second kappa shape index (κ2) is 6.49. The van der Waals surface area contributed by atoms with Gasteiger partial charge in [0.2, 0.25) is 0 Å². The molecule has 0 bridgehead atoms. The molecule has 2 aromatic rings. The van der Waals surface area contributed by atoms with E-state index in [1.54, 1.807) is 0 Å². The van der Waals surface area contributed by atoms with Gasteiger partial charge in [0.15, 0.2) is 0 Å². The van der Waals surface area contributed by atoms with Gasteiger partial charge < -0.3 is 5.73 Å². The highest BCUT2D eigenvalue weighted by Gasteiger charge is 2.13. The summed E-state index contributed by atoms with van der Waals surface area (Å²) < 4.78 is 0. The molecule has 0 aliphatic rings. The fourth-order valence-corrected chi connectivity index (χ4v) is 2.42. The predicted octanol–water partition coefficient (Wildman–Crippen LogP) is 4.77. The van der Waals surface area contributed by atoms with Crippen molar-refractivity contribution in [3.63, 3.8) is 0 Å².